The summed E-state index contributed by atoms with van der Waals surface area (Å²) in [5.41, 5.74) is 0. The summed E-state index contributed by atoms with van der Waals surface area (Å²) >= 11 is 0. The average Bonchev–Trinajstić information content (AvgIpc) is 2.22. The molecule has 2 saturated heterocycles. The van der Waals surface area contributed by atoms with Gasteiger partial charge in [-0.1, -0.05) is 0 Å². The summed E-state index contributed by atoms with van der Waals surface area (Å²) in [5, 5.41) is 0. The highest BCUT2D eigenvalue weighted by atomic mass is 16.5. The summed E-state index contributed by atoms with van der Waals surface area (Å²) in [7, 11) is 2.19. The predicted molar refractivity (Wildman–Crippen MR) is 61.7 cm³/mol. The number of nitrogens with zero attached hydrogens (tertiary/aromatic N) is 2. The van der Waals surface area contributed by atoms with Gasteiger partial charge in [0.05, 0.1) is 12.2 Å². The first-order chi connectivity index (χ1) is 7.24. The molecule has 2 heterocycles. The van der Waals surface area contributed by atoms with Crippen LogP contribution in [0.2, 0.25) is 0 Å². The summed E-state index contributed by atoms with van der Waals surface area (Å²) in [4.78, 5) is 2.38. The van der Waals surface area contributed by atoms with Gasteiger partial charge in [0.15, 0.2) is 0 Å². The van der Waals surface area contributed by atoms with Crippen molar-refractivity contribution in [1.82, 2.24) is 4.90 Å². The molecule has 3 heteroatoms. The Balaban J connectivity index is 1.74. The second kappa shape index (κ2) is 5.08. The van der Waals surface area contributed by atoms with Crippen molar-refractivity contribution in [2.75, 3.05) is 33.2 Å². The minimum absolute atomic E-state index is 0.477. The van der Waals surface area contributed by atoms with Gasteiger partial charge in [0.1, 0.15) is 19.8 Å². The van der Waals surface area contributed by atoms with Gasteiger partial charge < -0.3 is 9.64 Å². The molecule has 2 fully saturated rings. The molecule has 0 spiro atoms. The SMILES string of the molecule is C=[N+]1CCC(OC2CCCN(C)C2)CC1. The lowest BCUT2D eigenvalue weighted by Crippen LogP contribution is -2.41. The zero-order valence-electron chi connectivity index (χ0n) is 9.82. The van der Waals surface area contributed by atoms with E-state index in [0.717, 1.165) is 32.5 Å². The molecular weight excluding hydrogens is 188 g/mol. The van der Waals surface area contributed by atoms with E-state index < -0.39 is 0 Å². The Morgan fingerprint density at radius 3 is 2.60 bits per heavy atom. The van der Waals surface area contributed by atoms with Crippen LogP contribution in [0.3, 0.4) is 0 Å². The highest BCUT2D eigenvalue weighted by molar-refractivity contribution is 5.14. The standard InChI is InChI=1S/C12H23N2O/c1-13-8-5-11(6-9-13)15-12-4-3-7-14(2)10-12/h11-12H,1,3-10H2,2H3/q+1. The molecule has 1 unspecified atom stereocenters. The Hall–Kier alpha value is -0.410. The largest absolute Gasteiger partial charge is 0.373 e. The van der Waals surface area contributed by atoms with Crippen LogP contribution in [0.25, 0.3) is 0 Å². The van der Waals surface area contributed by atoms with Crippen molar-refractivity contribution in [3.05, 3.63) is 0 Å². The van der Waals surface area contributed by atoms with E-state index in [1.807, 2.05) is 0 Å². The third kappa shape index (κ3) is 3.28. The second-order valence-corrected chi connectivity index (χ2v) is 4.98. The minimum Gasteiger partial charge on any atom is -0.373 e. The van der Waals surface area contributed by atoms with Gasteiger partial charge in [-0.2, -0.15) is 0 Å². The van der Waals surface area contributed by atoms with Crippen LogP contribution in [0.1, 0.15) is 25.7 Å². The molecule has 2 rings (SSSR count). The van der Waals surface area contributed by atoms with Crippen LogP contribution < -0.4 is 0 Å². The van der Waals surface area contributed by atoms with Gasteiger partial charge in [0, 0.05) is 19.4 Å². The number of hydrogen-bond donors (Lipinski definition) is 0. The molecule has 0 aromatic heterocycles. The number of likely N-dealkylation sites (N-methyl/N-ethyl adjacent to an activating group) is 1. The molecule has 15 heavy (non-hydrogen) atoms. The molecule has 2 aliphatic heterocycles. The van der Waals surface area contributed by atoms with E-state index in [1.54, 1.807) is 0 Å². The summed E-state index contributed by atoms with van der Waals surface area (Å²) in [6, 6.07) is 0. The minimum atomic E-state index is 0.477. The van der Waals surface area contributed by atoms with E-state index in [1.165, 1.54) is 19.4 Å². The van der Waals surface area contributed by atoms with E-state index in [9.17, 15) is 0 Å². The Labute approximate surface area is 92.7 Å². The van der Waals surface area contributed by atoms with Crippen molar-refractivity contribution in [3.63, 3.8) is 0 Å². The first kappa shape index (κ1) is 11.1. The molecule has 2 aliphatic rings. The quantitative estimate of drug-likeness (QED) is 0.633. The summed E-state index contributed by atoms with van der Waals surface area (Å²) in [5.74, 6) is 0. The zero-order chi connectivity index (χ0) is 10.7. The van der Waals surface area contributed by atoms with E-state index in [0.29, 0.717) is 12.2 Å². The molecule has 0 amide bonds. The van der Waals surface area contributed by atoms with E-state index >= 15 is 0 Å². The Morgan fingerprint density at radius 1 is 1.20 bits per heavy atom. The van der Waals surface area contributed by atoms with Crippen molar-refractivity contribution in [2.45, 2.75) is 37.9 Å². The fourth-order valence-corrected chi connectivity index (χ4v) is 2.55. The number of piperidine rings is 2. The molecule has 0 aromatic rings. The topological polar surface area (TPSA) is 15.5 Å². The van der Waals surface area contributed by atoms with Gasteiger partial charge in [-0.15, -0.1) is 0 Å². The normalized spacial score (nSPS) is 30.7. The van der Waals surface area contributed by atoms with E-state index in [4.69, 9.17) is 4.74 Å². The van der Waals surface area contributed by atoms with Crippen LogP contribution in [-0.4, -0.2) is 61.6 Å². The molecule has 0 bridgehead atoms. The summed E-state index contributed by atoms with van der Waals surface area (Å²) in [6.45, 7) is 8.49. The van der Waals surface area contributed by atoms with Gasteiger partial charge >= 0.3 is 0 Å². The second-order valence-electron chi connectivity index (χ2n) is 4.98. The molecule has 0 aromatic carbocycles. The lowest BCUT2D eigenvalue weighted by molar-refractivity contribution is -0.534. The van der Waals surface area contributed by atoms with Gasteiger partial charge in [0.25, 0.3) is 0 Å². The molecule has 0 saturated carbocycles. The Morgan fingerprint density at radius 2 is 1.93 bits per heavy atom. The maximum absolute atomic E-state index is 6.15. The molecule has 1 atom stereocenters. The number of hydrogen-bond acceptors (Lipinski definition) is 2. The Kier molecular flexibility index (Phi) is 3.76. The maximum Gasteiger partial charge on any atom is 0.144 e. The van der Waals surface area contributed by atoms with Gasteiger partial charge in [-0.25, -0.2) is 4.58 Å². The van der Waals surface area contributed by atoms with Crippen LogP contribution >= 0.6 is 0 Å². The van der Waals surface area contributed by atoms with Gasteiger partial charge in [0.2, 0.25) is 0 Å². The average molecular weight is 211 g/mol. The highest BCUT2D eigenvalue weighted by Crippen LogP contribution is 2.18. The zero-order valence-corrected chi connectivity index (χ0v) is 9.82. The molecule has 86 valence electrons. The van der Waals surface area contributed by atoms with Crippen molar-refractivity contribution >= 4 is 6.72 Å². The maximum atomic E-state index is 6.15. The predicted octanol–water partition coefficient (Wildman–Crippen LogP) is 0.973. The summed E-state index contributed by atoms with van der Waals surface area (Å²) < 4.78 is 8.30. The van der Waals surface area contributed by atoms with Gasteiger partial charge in [-0.3, -0.25) is 0 Å². The van der Waals surface area contributed by atoms with Crippen molar-refractivity contribution in [3.8, 4) is 0 Å². The monoisotopic (exact) mass is 211 g/mol. The van der Waals surface area contributed by atoms with E-state index in [-0.39, 0.29) is 0 Å². The number of likely N-dealkylation sites (tertiary alicyclic amines) is 1. The van der Waals surface area contributed by atoms with Crippen LogP contribution in [-0.2, 0) is 4.74 Å². The van der Waals surface area contributed by atoms with Crippen LogP contribution in [0.15, 0.2) is 0 Å². The van der Waals surface area contributed by atoms with Crippen LogP contribution in [0.5, 0.6) is 0 Å². The molecule has 0 N–H and O–H groups in total. The van der Waals surface area contributed by atoms with Crippen molar-refractivity contribution in [1.29, 1.82) is 0 Å². The molecule has 3 nitrogen and oxygen atoms in total. The number of ether oxygens (including phenoxy) is 1. The molecular formula is C12H23N2O+. The summed E-state index contributed by atoms with van der Waals surface area (Å²) in [6.07, 6.45) is 5.81. The fraction of sp³-hybridized carbons (Fsp3) is 0.917. The van der Waals surface area contributed by atoms with Crippen molar-refractivity contribution in [2.24, 2.45) is 0 Å². The smallest absolute Gasteiger partial charge is 0.144 e. The lowest BCUT2D eigenvalue weighted by Gasteiger charge is -2.33. The molecule has 0 radical (unpaired) electrons. The van der Waals surface area contributed by atoms with Crippen LogP contribution in [0.4, 0.5) is 0 Å². The number of rotatable bonds is 2. The van der Waals surface area contributed by atoms with Crippen molar-refractivity contribution < 1.29 is 9.31 Å². The van der Waals surface area contributed by atoms with Crippen LogP contribution in [0, 0.1) is 0 Å². The van der Waals surface area contributed by atoms with Gasteiger partial charge in [-0.05, 0) is 26.4 Å². The van der Waals surface area contributed by atoms with E-state index in [2.05, 4.69) is 23.2 Å². The Bertz CT molecular complexity index is 220. The third-order valence-electron chi connectivity index (χ3n) is 3.50. The first-order valence-corrected chi connectivity index (χ1v) is 6.13. The lowest BCUT2D eigenvalue weighted by atomic mass is 10.1. The fourth-order valence-electron chi connectivity index (χ4n) is 2.55. The third-order valence-corrected chi connectivity index (χ3v) is 3.50. The highest BCUT2D eigenvalue weighted by Gasteiger charge is 2.25. The first-order valence-electron chi connectivity index (χ1n) is 6.13. The molecule has 0 aliphatic carbocycles.